The summed E-state index contributed by atoms with van der Waals surface area (Å²) in [5, 5.41) is 0. The van der Waals surface area contributed by atoms with Crippen LogP contribution >= 0.6 is 15.9 Å². The number of hydrogen-bond donors (Lipinski definition) is 2. The van der Waals surface area contributed by atoms with Gasteiger partial charge in [-0.25, -0.2) is 4.98 Å². The van der Waals surface area contributed by atoms with Crippen molar-refractivity contribution in [3.63, 3.8) is 0 Å². The highest BCUT2D eigenvalue weighted by atomic mass is 79.9. The molecule has 2 aromatic rings. The molecule has 0 spiro atoms. The van der Waals surface area contributed by atoms with Crippen molar-refractivity contribution in [3.05, 3.63) is 15.1 Å². The molecule has 4 atom stereocenters. The van der Waals surface area contributed by atoms with Crippen LogP contribution in [0.5, 0.6) is 0 Å². The molecule has 2 aliphatic heterocycles. The number of nitrogens with zero attached hydrogens (tertiary/aromatic N) is 3. The first-order valence-electron chi connectivity index (χ1n) is 9.49. The molecule has 4 heterocycles. The highest BCUT2D eigenvalue weighted by Crippen LogP contribution is 2.44. The van der Waals surface area contributed by atoms with E-state index in [4.69, 9.17) is 24.7 Å². The lowest BCUT2D eigenvalue weighted by molar-refractivity contribution is -0.203. The van der Waals surface area contributed by atoms with Gasteiger partial charge in [-0.15, -0.1) is 0 Å². The van der Waals surface area contributed by atoms with Gasteiger partial charge in [0.1, 0.15) is 24.9 Å². The van der Waals surface area contributed by atoms with Crippen molar-refractivity contribution in [3.8, 4) is 0 Å². The molecule has 30 heavy (non-hydrogen) atoms. The maximum atomic E-state index is 12.2. The molecule has 2 fully saturated rings. The first-order chi connectivity index (χ1) is 13.9. The summed E-state index contributed by atoms with van der Waals surface area (Å²) >= 11 is 3.37. The summed E-state index contributed by atoms with van der Waals surface area (Å²) in [7, 11) is 0. The molecule has 11 nitrogen and oxygen atoms in total. The van der Waals surface area contributed by atoms with Crippen LogP contribution < -0.4 is 11.3 Å². The van der Waals surface area contributed by atoms with Crippen molar-refractivity contribution in [2.24, 2.45) is 5.41 Å². The number of fused-ring (bicyclic) bond motifs is 2. The van der Waals surface area contributed by atoms with E-state index >= 15 is 0 Å². The maximum Gasteiger partial charge on any atom is 0.311 e. The molecule has 164 valence electrons. The van der Waals surface area contributed by atoms with Crippen LogP contribution in [0.4, 0.5) is 5.95 Å². The number of aromatic nitrogens is 4. The van der Waals surface area contributed by atoms with Crippen molar-refractivity contribution in [2.45, 2.75) is 64.9 Å². The number of nitrogen functional groups attached to an aromatic ring is 1. The highest BCUT2D eigenvalue weighted by Gasteiger charge is 2.57. The second kappa shape index (κ2) is 7.01. The first kappa shape index (κ1) is 21.2. The number of nitrogens with one attached hydrogen (secondary N) is 1. The van der Waals surface area contributed by atoms with Gasteiger partial charge < -0.3 is 24.7 Å². The Morgan fingerprint density at radius 3 is 2.63 bits per heavy atom. The quantitative estimate of drug-likeness (QED) is 0.487. The minimum absolute atomic E-state index is 0.00634. The number of rotatable bonds is 3. The van der Waals surface area contributed by atoms with E-state index in [9.17, 15) is 9.59 Å². The van der Waals surface area contributed by atoms with E-state index in [-0.39, 0.29) is 29.7 Å². The summed E-state index contributed by atoms with van der Waals surface area (Å²) in [6.07, 6.45) is -2.37. The Labute approximate surface area is 180 Å². The fraction of sp³-hybridized carbons (Fsp3) is 0.667. The lowest BCUT2D eigenvalue weighted by Gasteiger charge is -2.25. The molecule has 0 aromatic carbocycles. The number of aromatic amines is 1. The van der Waals surface area contributed by atoms with Gasteiger partial charge in [-0.2, -0.15) is 4.98 Å². The Hall–Kier alpha value is -2.02. The van der Waals surface area contributed by atoms with Gasteiger partial charge in [0.2, 0.25) is 5.95 Å². The van der Waals surface area contributed by atoms with Gasteiger partial charge >= 0.3 is 5.97 Å². The smallest absolute Gasteiger partial charge is 0.311 e. The second-order valence-electron chi connectivity index (χ2n) is 8.85. The number of hydrogen-bond acceptors (Lipinski definition) is 9. The van der Waals surface area contributed by atoms with Gasteiger partial charge in [0.25, 0.3) is 5.56 Å². The van der Waals surface area contributed by atoms with Gasteiger partial charge in [0, 0.05) is 0 Å². The Kier molecular flexibility index (Phi) is 4.96. The average molecular weight is 486 g/mol. The summed E-state index contributed by atoms with van der Waals surface area (Å²) in [5.41, 5.74) is 4.96. The van der Waals surface area contributed by atoms with Crippen LogP contribution in [0.1, 0.15) is 40.8 Å². The standard InChI is InChI=1S/C18H24BrN5O6/c1-17(2,3)14(26)27-6-7-9-10(30-18(4,5)29-9)13(28-7)24-11-8(21-15(24)19)12(25)23-16(20)22-11/h7,9-10,13H,6H2,1-5H3,(H3,20,22,23,25)/t7-,9-,10-,13-/m1/s1. The van der Waals surface area contributed by atoms with E-state index in [1.165, 1.54) is 0 Å². The summed E-state index contributed by atoms with van der Waals surface area (Å²) in [5.74, 6) is -1.26. The predicted molar refractivity (Wildman–Crippen MR) is 108 cm³/mol. The summed E-state index contributed by atoms with van der Waals surface area (Å²) in [6, 6.07) is 0. The molecule has 0 amide bonds. The SMILES string of the molecule is CC1(C)O[C@@H]2[C@H](O1)[C@@H](COC(=O)C(C)(C)C)O[C@H]2n1c(Br)nc2c(=O)[nH]c(N)nc21. The Balaban J connectivity index is 1.69. The van der Waals surface area contributed by atoms with Crippen LogP contribution in [0.15, 0.2) is 9.53 Å². The number of ether oxygens (including phenoxy) is 4. The molecular weight excluding hydrogens is 462 g/mol. The van der Waals surface area contributed by atoms with E-state index in [0.29, 0.717) is 4.73 Å². The van der Waals surface area contributed by atoms with Gasteiger partial charge in [-0.3, -0.25) is 19.1 Å². The number of carbonyl (C=O) groups is 1. The highest BCUT2D eigenvalue weighted by molar-refractivity contribution is 9.10. The average Bonchev–Trinajstić information content (AvgIpc) is 3.20. The monoisotopic (exact) mass is 485 g/mol. The van der Waals surface area contributed by atoms with Crippen LogP contribution in [0.2, 0.25) is 0 Å². The number of nitrogens with two attached hydrogens (primary N) is 1. The van der Waals surface area contributed by atoms with Crippen molar-refractivity contribution >= 4 is 39.0 Å². The van der Waals surface area contributed by atoms with E-state index in [2.05, 4.69) is 30.9 Å². The summed E-state index contributed by atoms with van der Waals surface area (Å²) in [4.78, 5) is 35.3. The Morgan fingerprint density at radius 2 is 1.97 bits per heavy atom. The third kappa shape index (κ3) is 3.61. The molecule has 12 heteroatoms. The maximum absolute atomic E-state index is 12.2. The van der Waals surface area contributed by atoms with E-state index < -0.39 is 41.3 Å². The molecule has 4 rings (SSSR count). The Morgan fingerprint density at radius 1 is 1.30 bits per heavy atom. The van der Waals surface area contributed by atoms with Gasteiger partial charge in [0.05, 0.1) is 5.41 Å². The Bertz CT molecular complexity index is 1060. The minimum Gasteiger partial charge on any atom is -0.462 e. The molecule has 3 N–H and O–H groups in total. The molecule has 0 radical (unpaired) electrons. The second-order valence-corrected chi connectivity index (χ2v) is 9.56. The molecule has 2 aliphatic rings. The van der Waals surface area contributed by atoms with Crippen LogP contribution in [0, 0.1) is 5.41 Å². The lowest BCUT2D eigenvalue weighted by atomic mass is 9.97. The van der Waals surface area contributed by atoms with E-state index in [0.717, 1.165) is 0 Å². The topological polar surface area (TPSA) is 144 Å². The summed E-state index contributed by atoms with van der Waals surface area (Å²) in [6.45, 7) is 8.91. The van der Waals surface area contributed by atoms with Crippen molar-refractivity contribution in [1.82, 2.24) is 19.5 Å². The molecular formula is C18H24BrN5O6. The zero-order valence-electron chi connectivity index (χ0n) is 17.3. The molecule has 0 bridgehead atoms. The van der Waals surface area contributed by atoms with E-state index in [1.54, 1.807) is 39.2 Å². The third-order valence-electron chi connectivity index (χ3n) is 4.90. The first-order valence-corrected chi connectivity index (χ1v) is 10.3. The zero-order chi connectivity index (χ0) is 22.0. The minimum atomic E-state index is -0.865. The van der Waals surface area contributed by atoms with Gasteiger partial charge in [-0.1, -0.05) is 0 Å². The number of esters is 1. The van der Waals surface area contributed by atoms with Crippen molar-refractivity contribution < 1.29 is 23.7 Å². The molecule has 2 aromatic heterocycles. The van der Waals surface area contributed by atoms with E-state index in [1.807, 2.05) is 0 Å². The lowest BCUT2D eigenvalue weighted by Crippen LogP contribution is -2.35. The molecule has 2 saturated heterocycles. The number of H-pyrrole nitrogens is 1. The van der Waals surface area contributed by atoms with Crippen LogP contribution in [-0.4, -0.2) is 56.2 Å². The predicted octanol–water partition coefficient (Wildman–Crippen LogP) is 1.47. The fourth-order valence-corrected chi connectivity index (χ4v) is 4.12. The largest absolute Gasteiger partial charge is 0.462 e. The normalized spacial score (nSPS) is 28.1. The third-order valence-corrected chi connectivity index (χ3v) is 5.46. The number of imidazole rings is 1. The number of carbonyl (C=O) groups excluding carboxylic acids is 1. The zero-order valence-corrected chi connectivity index (χ0v) is 18.8. The number of halogens is 1. The van der Waals surface area contributed by atoms with Gasteiger partial charge in [-0.05, 0) is 50.5 Å². The van der Waals surface area contributed by atoms with Crippen LogP contribution in [-0.2, 0) is 23.7 Å². The fourth-order valence-electron chi connectivity index (χ4n) is 3.58. The molecule has 0 saturated carbocycles. The van der Waals surface area contributed by atoms with Crippen molar-refractivity contribution in [1.29, 1.82) is 0 Å². The molecule has 0 aliphatic carbocycles. The van der Waals surface area contributed by atoms with Crippen molar-refractivity contribution in [2.75, 3.05) is 12.3 Å². The van der Waals surface area contributed by atoms with Crippen LogP contribution in [0.3, 0.4) is 0 Å². The summed E-state index contributed by atoms with van der Waals surface area (Å²) < 4.78 is 25.7. The van der Waals surface area contributed by atoms with Crippen LogP contribution in [0.25, 0.3) is 11.2 Å². The molecule has 0 unspecified atom stereocenters. The van der Waals surface area contributed by atoms with Gasteiger partial charge in [0.15, 0.2) is 27.9 Å². The number of anilines is 1.